The molecule has 0 unspecified atom stereocenters. The summed E-state index contributed by atoms with van der Waals surface area (Å²) in [6, 6.07) is 5.73. The number of imidazole rings is 1. The van der Waals surface area contributed by atoms with Crippen molar-refractivity contribution in [1.82, 2.24) is 29.9 Å². The molecule has 1 aromatic carbocycles. The molecule has 0 saturated heterocycles. The molecule has 0 fully saturated rings. The molecular weight excluding hydrogens is 356 g/mol. The topological polar surface area (TPSA) is 118 Å². The number of aromatic nitrogens is 6. The molecule has 0 spiro atoms. The molecule has 0 amide bonds. The lowest BCUT2D eigenvalue weighted by atomic mass is 10.2. The van der Waals surface area contributed by atoms with Crippen LogP contribution in [0.15, 0.2) is 41.9 Å². The Kier molecular flexibility index (Phi) is 4.12. The summed E-state index contributed by atoms with van der Waals surface area (Å²) in [7, 11) is 0. The highest BCUT2D eigenvalue weighted by Gasteiger charge is 2.10. The van der Waals surface area contributed by atoms with E-state index in [9.17, 15) is 0 Å². The van der Waals surface area contributed by atoms with Gasteiger partial charge in [0.05, 0.1) is 28.1 Å². The lowest BCUT2D eigenvalue weighted by Gasteiger charge is -2.08. The first-order valence-corrected chi connectivity index (χ1v) is 8.68. The fourth-order valence-electron chi connectivity index (χ4n) is 2.30. The molecule has 3 aromatic heterocycles. The number of hydrogen-bond acceptors (Lipinski definition) is 8. The number of thiocarbonyl (C=S) groups is 1. The average Bonchev–Trinajstić information content (AvgIpc) is 3.08. The normalized spacial score (nSPS) is 11.0. The molecule has 0 bridgehead atoms. The number of fused-ring (bicyclic) bond motifs is 2. The van der Waals surface area contributed by atoms with Crippen LogP contribution < -0.4 is 11.1 Å². The second kappa shape index (κ2) is 6.57. The lowest BCUT2D eigenvalue weighted by Crippen LogP contribution is -2.12. The van der Waals surface area contributed by atoms with E-state index in [2.05, 4.69) is 35.2 Å². The van der Waals surface area contributed by atoms with E-state index in [1.165, 1.54) is 11.8 Å². The number of anilines is 2. The van der Waals surface area contributed by atoms with Gasteiger partial charge in [-0.3, -0.25) is 9.97 Å². The summed E-state index contributed by atoms with van der Waals surface area (Å²) >= 11 is 6.89. The SMILES string of the molecule is Nc1nc(SCC(=S)Nc2ccc3nccnc3c2)c2[nH]cnc2n1. The van der Waals surface area contributed by atoms with Crippen LogP contribution >= 0.6 is 24.0 Å². The zero-order valence-corrected chi connectivity index (χ0v) is 14.4. The van der Waals surface area contributed by atoms with E-state index in [-0.39, 0.29) is 5.95 Å². The molecule has 0 aliphatic carbocycles. The number of nitrogen functional groups attached to an aromatic ring is 1. The molecule has 25 heavy (non-hydrogen) atoms. The first-order valence-electron chi connectivity index (χ1n) is 7.29. The fourth-order valence-corrected chi connectivity index (χ4v) is 3.39. The van der Waals surface area contributed by atoms with Crippen LogP contribution in [-0.2, 0) is 0 Å². The summed E-state index contributed by atoms with van der Waals surface area (Å²) in [5.41, 5.74) is 9.53. The highest BCUT2D eigenvalue weighted by Crippen LogP contribution is 2.24. The van der Waals surface area contributed by atoms with Crippen molar-refractivity contribution >= 4 is 62.8 Å². The number of aromatic amines is 1. The Hall–Kier alpha value is -2.85. The van der Waals surface area contributed by atoms with Gasteiger partial charge in [0.2, 0.25) is 5.95 Å². The largest absolute Gasteiger partial charge is 0.368 e. The highest BCUT2D eigenvalue weighted by molar-refractivity contribution is 8.01. The van der Waals surface area contributed by atoms with Crippen molar-refractivity contribution in [2.45, 2.75) is 5.03 Å². The van der Waals surface area contributed by atoms with Crippen molar-refractivity contribution in [3.05, 3.63) is 36.9 Å². The van der Waals surface area contributed by atoms with Crippen LogP contribution in [0.25, 0.3) is 22.2 Å². The maximum Gasteiger partial charge on any atom is 0.223 e. The Morgan fingerprint density at radius 2 is 2.00 bits per heavy atom. The standard InChI is InChI=1S/C15H12N8S2/c16-15-22-13-12(19-7-20-13)14(23-15)25-6-11(24)21-8-1-2-9-10(5-8)18-4-3-17-9/h1-5,7H,6H2,(H,21,24)(H3,16,19,20,22,23). The molecule has 124 valence electrons. The third-order valence-corrected chi connectivity index (χ3v) is 4.79. The van der Waals surface area contributed by atoms with Crippen LogP contribution in [0.4, 0.5) is 11.6 Å². The maximum atomic E-state index is 5.72. The summed E-state index contributed by atoms with van der Waals surface area (Å²) in [6.07, 6.45) is 4.89. The number of H-pyrrole nitrogens is 1. The summed E-state index contributed by atoms with van der Waals surface area (Å²) in [5.74, 6) is 0.729. The van der Waals surface area contributed by atoms with Crippen molar-refractivity contribution in [2.24, 2.45) is 0 Å². The van der Waals surface area contributed by atoms with E-state index in [0.29, 0.717) is 21.4 Å². The minimum atomic E-state index is 0.189. The average molecular weight is 368 g/mol. The van der Waals surface area contributed by atoms with Gasteiger partial charge < -0.3 is 16.0 Å². The van der Waals surface area contributed by atoms with Gasteiger partial charge in [0, 0.05) is 18.1 Å². The van der Waals surface area contributed by atoms with Gasteiger partial charge in [0.15, 0.2) is 5.65 Å². The first-order chi connectivity index (χ1) is 12.2. The first kappa shape index (κ1) is 15.7. The van der Waals surface area contributed by atoms with E-state index < -0.39 is 0 Å². The molecule has 8 nitrogen and oxygen atoms in total. The van der Waals surface area contributed by atoms with Gasteiger partial charge in [0.25, 0.3) is 0 Å². The summed E-state index contributed by atoms with van der Waals surface area (Å²) < 4.78 is 0. The Morgan fingerprint density at radius 3 is 2.88 bits per heavy atom. The molecule has 0 atom stereocenters. The van der Waals surface area contributed by atoms with Crippen molar-refractivity contribution in [3.63, 3.8) is 0 Å². The molecule has 4 N–H and O–H groups in total. The third-order valence-electron chi connectivity index (χ3n) is 3.36. The fraction of sp³-hybridized carbons (Fsp3) is 0.0667. The Morgan fingerprint density at radius 1 is 1.16 bits per heavy atom. The summed E-state index contributed by atoms with van der Waals surface area (Å²) in [5, 5.41) is 3.92. The van der Waals surface area contributed by atoms with Gasteiger partial charge in [0.1, 0.15) is 10.5 Å². The second-order valence-corrected chi connectivity index (χ2v) is 6.54. The molecule has 0 aliphatic rings. The molecule has 0 saturated carbocycles. The predicted molar refractivity (Wildman–Crippen MR) is 103 cm³/mol. The van der Waals surface area contributed by atoms with E-state index in [4.69, 9.17) is 18.0 Å². The summed E-state index contributed by atoms with van der Waals surface area (Å²) in [6.45, 7) is 0. The molecule has 0 aliphatic heterocycles. The minimum absolute atomic E-state index is 0.189. The monoisotopic (exact) mass is 368 g/mol. The number of benzene rings is 1. The number of nitrogens with one attached hydrogen (secondary N) is 2. The van der Waals surface area contributed by atoms with Crippen molar-refractivity contribution in [1.29, 1.82) is 0 Å². The van der Waals surface area contributed by atoms with Crippen molar-refractivity contribution in [3.8, 4) is 0 Å². The van der Waals surface area contributed by atoms with Crippen LogP contribution in [0.3, 0.4) is 0 Å². The zero-order valence-electron chi connectivity index (χ0n) is 12.8. The number of nitrogens with two attached hydrogens (primary N) is 1. The van der Waals surface area contributed by atoms with Gasteiger partial charge >= 0.3 is 0 Å². The van der Waals surface area contributed by atoms with Gasteiger partial charge in [-0.25, -0.2) is 9.97 Å². The van der Waals surface area contributed by atoms with Crippen LogP contribution in [-0.4, -0.2) is 40.6 Å². The maximum absolute atomic E-state index is 5.72. The van der Waals surface area contributed by atoms with Crippen molar-refractivity contribution in [2.75, 3.05) is 16.8 Å². The number of nitrogens with zero attached hydrogens (tertiary/aromatic N) is 5. The Balaban J connectivity index is 1.47. The molecule has 4 aromatic rings. The second-order valence-electron chi connectivity index (χ2n) is 5.08. The number of rotatable bonds is 4. The zero-order chi connectivity index (χ0) is 17.2. The molecule has 4 rings (SSSR count). The lowest BCUT2D eigenvalue weighted by molar-refractivity contribution is 1.10. The van der Waals surface area contributed by atoms with Crippen molar-refractivity contribution < 1.29 is 0 Å². The molecule has 0 radical (unpaired) electrons. The van der Waals surface area contributed by atoms with E-state index >= 15 is 0 Å². The molecular formula is C15H12N8S2. The number of hydrogen-bond donors (Lipinski definition) is 3. The van der Waals surface area contributed by atoms with Gasteiger partial charge in [-0.2, -0.15) is 4.98 Å². The number of thioether (sulfide) groups is 1. The summed E-state index contributed by atoms with van der Waals surface area (Å²) in [4.78, 5) is 24.6. The van der Waals surface area contributed by atoms with E-state index in [1.807, 2.05) is 18.2 Å². The third kappa shape index (κ3) is 3.35. The predicted octanol–water partition coefficient (Wildman–Crippen LogP) is 2.41. The van der Waals surface area contributed by atoms with E-state index in [0.717, 1.165) is 22.2 Å². The van der Waals surface area contributed by atoms with Crippen LogP contribution in [0.2, 0.25) is 0 Å². The molecule has 10 heteroatoms. The van der Waals surface area contributed by atoms with Gasteiger partial charge in [-0.05, 0) is 18.2 Å². The smallest absolute Gasteiger partial charge is 0.223 e. The van der Waals surface area contributed by atoms with Crippen LogP contribution in [0.5, 0.6) is 0 Å². The van der Waals surface area contributed by atoms with E-state index in [1.54, 1.807) is 18.7 Å². The molecule has 3 heterocycles. The van der Waals surface area contributed by atoms with Gasteiger partial charge in [-0.15, -0.1) is 0 Å². The Bertz CT molecular complexity index is 1080. The van der Waals surface area contributed by atoms with Gasteiger partial charge in [-0.1, -0.05) is 24.0 Å². The van der Waals surface area contributed by atoms with Crippen LogP contribution in [0, 0.1) is 0 Å². The highest BCUT2D eigenvalue weighted by atomic mass is 32.2. The van der Waals surface area contributed by atoms with Crippen LogP contribution in [0.1, 0.15) is 0 Å². The quantitative estimate of drug-likeness (QED) is 0.283. The minimum Gasteiger partial charge on any atom is -0.368 e. The Labute approximate surface area is 151 Å².